The quantitative estimate of drug-likeness (QED) is 0.632. The van der Waals surface area contributed by atoms with Gasteiger partial charge in [-0.2, -0.15) is 0 Å². The Kier molecular flexibility index (Phi) is 5.30. The molecule has 0 amide bonds. The van der Waals surface area contributed by atoms with Crippen LogP contribution in [0.4, 0.5) is 0 Å². The summed E-state index contributed by atoms with van der Waals surface area (Å²) in [6.07, 6.45) is 0.491. The van der Waals surface area contributed by atoms with Crippen LogP contribution in [0.2, 0.25) is 10.0 Å². The topological polar surface area (TPSA) is 90.5 Å². The summed E-state index contributed by atoms with van der Waals surface area (Å²) in [6.45, 7) is 3.55. The molecular weight excluding hydrogens is 451 g/mol. The first-order chi connectivity index (χ1) is 14.1. The first-order valence-electron chi connectivity index (χ1n) is 9.15. The van der Waals surface area contributed by atoms with Crippen LogP contribution in [0.1, 0.15) is 29.9 Å². The van der Waals surface area contributed by atoms with E-state index in [1.807, 2.05) is 13.8 Å². The van der Waals surface area contributed by atoms with Gasteiger partial charge < -0.3 is 9.84 Å². The van der Waals surface area contributed by atoms with Crippen molar-refractivity contribution >= 4 is 50.7 Å². The molecule has 4 rings (SSSR count). The Labute approximate surface area is 185 Å². The van der Waals surface area contributed by atoms with Crippen LogP contribution in [0.3, 0.4) is 0 Å². The largest absolute Gasteiger partial charge is 0.480 e. The minimum Gasteiger partial charge on any atom is -0.480 e. The Morgan fingerprint density at radius 3 is 2.67 bits per heavy atom. The summed E-state index contributed by atoms with van der Waals surface area (Å²) in [5, 5.41) is 10.5. The first-order valence-corrected chi connectivity index (χ1v) is 10.7. The molecule has 158 valence electrons. The normalized spacial score (nSPS) is 15.3. The summed E-state index contributed by atoms with van der Waals surface area (Å²) < 4.78 is 8.04. The minimum absolute atomic E-state index is 0.0783. The predicted molar refractivity (Wildman–Crippen MR) is 116 cm³/mol. The summed E-state index contributed by atoms with van der Waals surface area (Å²) >= 11 is 13.6. The fourth-order valence-corrected chi connectivity index (χ4v) is 5.32. The van der Waals surface area contributed by atoms with E-state index in [1.54, 1.807) is 18.2 Å². The highest BCUT2D eigenvalue weighted by Gasteiger charge is 2.32. The Morgan fingerprint density at radius 2 is 2.00 bits per heavy atom. The van der Waals surface area contributed by atoms with Crippen molar-refractivity contribution in [2.45, 2.75) is 45.6 Å². The minimum atomic E-state index is -1.27. The molecule has 0 atom stereocenters. The van der Waals surface area contributed by atoms with E-state index in [-0.39, 0.29) is 6.54 Å². The van der Waals surface area contributed by atoms with Gasteiger partial charge in [0.1, 0.15) is 11.4 Å². The molecule has 7 nitrogen and oxygen atoms in total. The summed E-state index contributed by atoms with van der Waals surface area (Å²) in [5.74, 6) is -1.27. The van der Waals surface area contributed by atoms with Crippen molar-refractivity contribution in [1.29, 1.82) is 0 Å². The van der Waals surface area contributed by atoms with E-state index in [4.69, 9.17) is 27.9 Å². The van der Waals surface area contributed by atoms with Crippen LogP contribution < -0.4 is 11.2 Å². The van der Waals surface area contributed by atoms with Gasteiger partial charge in [0.25, 0.3) is 5.56 Å². The molecule has 2 aromatic heterocycles. The number of thiophene rings is 1. The van der Waals surface area contributed by atoms with Crippen LogP contribution in [0.25, 0.3) is 10.2 Å². The van der Waals surface area contributed by atoms with Crippen molar-refractivity contribution < 1.29 is 14.6 Å². The molecule has 3 aromatic rings. The lowest BCUT2D eigenvalue weighted by Crippen LogP contribution is -2.42. The molecule has 0 saturated carbocycles. The molecule has 0 fully saturated rings. The number of rotatable bonds is 4. The van der Waals surface area contributed by atoms with Crippen LogP contribution >= 0.6 is 34.5 Å². The Morgan fingerprint density at radius 1 is 1.27 bits per heavy atom. The summed E-state index contributed by atoms with van der Waals surface area (Å²) in [7, 11) is 0. The molecule has 0 aliphatic carbocycles. The lowest BCUT2D eigenvalue weighted by Gasteiger charge is -2.29. The lowest BCUT2D eigenvalue weighted by atomic mass is 9.94. The third-order valence-corrected chi connectivity index (χ3v) is 6.89. The molecule has 1 aliphatic rings. The van der Waals surface area contributed by atoms with Crippen LogP contribution in [-0.2, 0) is 35.6 Å². The maximum Gasteiger partial charge on any atom is 0.332 e. The average molecular weight is 469 g/mol. The van der Waals surface area contributed by atoms with Gasteiger partial charge in [-0.05, 0) is 37.1 Å². The highest BCUT2D eigenvalue weighted by Crippen LogP contribution is 2.37. The molecule has 10 heteroatoms. The molecule has 0 unspecified atom stereocenters. The number of hydrogen-bond donors (Lipinski definition) is 1. The Hall–Kier alpha value is -2.13. The molecule has 1 aliphatic heterocycles. The van der Waals surface area contributed by atoms with Gasteiger partial charge in [0, 0.05) is 21.3 Å². The van der Waals surface area contributed by atoms with Crippen molar-refractivity contribution in [3.05, 3.63) is 65.1 Å². The van der Waals surface area contributed by atoms with Gasteiger partial charge >= 0.3 is 11.7 Å². The zero-order chi connectivity index (χ0) is 21.8. The Balaban J connectivity index is 2.01. The van der Waals surface area contributed by atoms with Crippen molar-refractivity contribution in [1.82, 2.24) is 9.13 Å². The summed E-state index contributed by atoms with van der Waals surface area (Å²) in [5.41, 5.74) is -0.309. The van der Waals surface area contributed by atoms with E-state index in [0.717, 1.165) is 15.0 Å². The van der Waals surface area contributed by atoms with E-state index in [2.05, 4.69) is 0 Å². The summed E-state index contributed by atoms with van der Waals surface area (Å²) in [6, 6.07) is 4.94. The molecule has 3 heterocycles. The van der Waals surface area contributed by atoms with Crippen molar-refractivity contribution in [3.8, 4) is 0 Å². The monoisotopic (exact) mass is 468 g/mol. The van der Waals surface area contributed by atoms with Gasteiger partial charge in [-0.25, -0.2) is 9.36 Å². The highest BCUT2D eigenvalue weighted by molar-refractivity contribution is 7.18. The molecule has 30 heavy (non-hydrogen) atoms. The molecule has 0 radical (unpaired) electrons. The fraction of sp³-hybridized carbons (Fsp3) is 0.350. The van der Waals surface area contributed by atoms with Gasteiger partial charge in [0.2, 0.25) is 0 Å². The van der Waals surface area contributed by atoms with Gasteiger partial charge in [-0.3, -0.25) is 14.2 Å². The standard InChI is InChI=1S/C20H18Cl2N2O5S/c1-20(2)6-12-14(9-29-20)30-18-16(12)17(27)23(8-15(25)26)19(28)24(18)7-10-3-4-11(21)5-13(10)22/h3-5H,6-9H2,1-2H3,(H,25,26). The lowest BCUT2D eigenvalue weighted by molar-refractivity contribution is -0.137. The second kappa shape index (κ2) is 7.53. The number of halogens is 2. The number of carboxylic acids is 1. The van der Waals surface area contributed by atoms with Crippen LogP contribution in [0, 0.1) is 0 Å². The number of hydrogen-bond acceptors (Lipinski definition) is 5. The highest BCUT2D eigenvalue weighted by atomic mass is 35.5. The molecular formula is C20H18Cl2N2O5S. The zero-order valence-corrected chi connectivity index (χ0v) is 18.5. The van der Waals surface area contributed by atoms with Crippen molar-refractivity contribution in [2.24, 2.45) is 0 Å². The average Bonchev–Trinajstić information content (AvgIpc) is 3.01. The maximum absolute atomic E-state index is 13.2. The fourth-order valence-electron chi connectivity index (χ4n) is 3.64. The molecule has 1 aromatic carbocycles. The number of aromatic nitrogens is 2. The van der Waals surface area contributed by atoms with Gasteiger partial charge in [-0.1, -0.05) is 29.3 Å². The van der Waals surface area contributed by atoms with Crippen molar-refractivity contribution in [2.75, 3.05) is 0 Å². The van der Waals surface area contributed by atoms with E-state index < -0.39 is 29.4 Å². The van der Waals surface area contributed by atoms with Crippen LogP contribution in [-0.4, -0.2) is 25.8 Å². The molecule has 0 saturated heterocycles. The molecule has 0 bridgehead atoms. The van der Waals surface area contributed by atoms with Gasteiger partial charge in [0.15, 0.2) is 0 Å². The first kappa shape index (κ1) is 21.1. The number of benzene rings is 1. The van der Waals surface area contributed by atoms with Crippen LogP contribution in [0.15, 0.2) is 27.8 Å². The Bertz CT molecular complexity index is 1310. The van der Waals surface area contributed by atoms with Crippen LogP contribution in [0.5, 0.6) is 0 Å². The van der Waals surface area contributed by atoms with Gasteiger partial charge in [-0.15, -0.1) is 11.3 Å². The summed E-state index contributed by atoms with van der Waals surface area (Å²) in [4.78, 5) is 39.0. The second-order valence-electron chi connectivity index (χ2n) is 7.80. The van der Waals surface area contributed by atoms with E-state index in [1.165, 1.54) is 15.9 Å². The maximum atomic E-state index is 13.2. The number of carbonyl (C=O) groups is 1. The van der Waals surface area contributed by atoms with Crippen molar-refractivity contribution in [3.63, 3.8) is 0 Å². The predicted octanol–water partition coefficient (Wildman–Crippen LogP) is 3.52. The number of fused-ring (bicyclic) bond motifs is 3. The number of nitrogens with zero attached hydrogens (tertiary/aromatic N) is 2. The molecule has 1 N–H and O–H groups in total. The number of ether oxygens (including phenoxy) is 1. The van der Waals surface area contributed by atoms with E-state index in [0.29, 0.717) is 38.9 Å². The molecule has 0 spiro atoms. The van der Waals surface area contributed by atoms with E-state index >= 15 is 0 Å². The third-order valence-electron chi connectivity index (χ3n) is 5.07. The number of carboxylic acid groups (broad SMARTS) is 1. The SMILES string of the molecule is CC1(C)Cc2c(sc3c2c(=O)n(CC(=O)O)c(=O)n3Cc2ccc(Cl)cc2Cl)CO1. The number of aliphatic carboxylic acids is 1. The smallest absolute Gasteiger partial charge is 0.332 e. The third kappa shape index (κ3) is 3.69. The second-order valence-corrected chi connectivity index (χ2v) is 9.73. The van der Waals surface area contributed by atoms with E-state index in [9.17, 15) is 19.5 Å². The van der Waals surface area contributed by atoms with Gasteiger partial charge in [0.05, 0.1) is 24.1 Å². The zero-order valence-electron chi connectivity index (χ0n) is 16.2.